The highest BCUT2D eigenvalue weighted by Gasteiger charge is 2.21. The Bertz CT molecular complexity index is 259. The second kappa shape index (κ2) is 5.19. The van der Waals surface area contributed by atoms with Crippen LogP contribution in [0.15, 0.2) is 11.3 Å². The molecular weight excluding hydrogens is 188 g/mol. The fraction of sp³-hybridized carbons (Fsp3) is 0.750. The molecule has 0 unspecified atom stereocenters. The Kier molecular flexibility index (Phi) is 4.18. The topological polar surface area (TPSA) is 23.6 Å². The van der Waals surface area contributed by atoms with Gasteiger partial charge < -0.3 is 9.80 Å². The summed E-state index contributed by atoms with van der Waals surface area (Å²) >= 11 is 0. The Morgan fingerprint density at radius 2 is 1.60 bits per heavy atom. The van der Waals surface area contributed by atoms with Gasteiger partial charge in [0, 0.05) is 27.2 Å². The van der Waals surface area contributed by atoms with Gasteiger partial charge in [-0.05, 0) is 38.7 Å². The second-order valence-corrected chi connectivity index (χ2v) is 4.60. The lowest BCUT2D eigenvalue weighted by Crippen LogP contribution is -2.38. The third-order valence-corrected chi connectivity index (χ3v) is 2.75. The summed E-state index contributed by atoms with van der Waals surface area (Å²) in [4.78, 5) is 15.9. The largest absolute Gasteiger partial charge is 0.367 e. The van der Waals surface area contributed by atoms with Crippen molar-refractivity contribution in [2.75, 3.05) is 27.2 Å². The number of amides is 1. The molecule has 0 radical (unpaired) electrons. The fourth-order valence-electron chi connectivity index (χ4n) is 1.99. The first-order valence-electron chi connectivity index (χ1n) is 5.68. The van der Waals surface area contributed by atoms with Crippen molar-refractivity contribution in [3.05, 3.63) is 11.3 Å². The maximum atomic E-state index is 12.0. The van der Waals surface area contributed by atoms with Gasteiger partial charge in [0.2, 0.25) is 0 Å². The molecule has 0 atom stereocenters. The van der Waals surface area contributed by atoms with Gasteiger partial charge in [-0.2, -0.15) is 0 Å². The van der Waals surface area contributed by atoms with E-state index in [1.807, 2.05) is 27.9 Å². The third kappa shape index (κ3) is 2.98. The zero-order valence-electron chi connectivity index (χ0n) is 10.3. The molecule has 0 N–H and O–H groups in total. The van der Waals surface area contributed by atoms with Crippen molar-refractivity contribution in [2.45, 2.75) is 33.1 Å². The van der Waals surface area contributed by atoms with E-state index >= 15 is 0 Å². The molecule has 0 aromatic carbocycles. The van der Waals surface area contributed by atoms with Gasteiger partial charge in [0.05, 0.1) is 0 Å². The Balaban J connectivity index is 2.83. The summed E-state index contributed by atoms with van der Waals surface area (Å²) in [5, 5.41) is 0. The van der Waals surface area contributed by atoms with Crippen LogP contribution >= 0.6 is 0 Å². The van der Waals surface area contributed by atoms with Crippen molar-refractivity contribution in [2.24, 2.45) is 0 Å². The molecule has 1 heterocycles. The van der Waals surface area contributed by atoms with E-state index in [4.69, 9.17) is 0 Å². The van der Waals surface area contributed by atoms with Gasteiger partial charge in [-0.1, -0.05) is 0 Å². The van der Waals surface area contributed by atoms with Crippen LogP contribution in [-0.4, -0.2) is 42.9 Å². The van der Waals surface area contributed by atoms with Crippen LogP contribution < -0.4 is 0 Å². The van der Waals surface area contributed by atoms with E-state index in [0.29, 0.717) is 0 Å². The smallest absolute Gasteiger partial charge is 0.269 e. The molecule has 0 aromatic heterocycles. The minimum atomic E-state index is 0.136. The molecular formula is C12H22N2O. The van der Waals surface area contributed by atoms with E-state index in [9.17, 15) is 4.79 Å². The normalized spacial score (nSPS) is 16.1. The Labute approximate surface area is 92.7 Å². The lowest BCUT2D eigenvalue weighted by molar-refractivity contribution is -0.126. The number of rotatable bonds is 2. The molecule has 86 valence electrons. The molecule has 3 nitrogen and oxygen atoms in total. The van der Waals surface area contributed by atoms with Gasteiger partial charge in [0.25, 0.3) is 5.91 Å². The molecule has 0 aromatic rings. The molecule has 1 amide bonds. The average Bonchev–Trinajstić information content (AvgIpc) is 2.18. The van der Waals surface area contributed by atoms with E-state index < -0.39 is 0 Å². The maximum absolute atomic E-state index is 12.0. The number of allylic oxidation sites excluding steroid dienone is 1. The number of carbonyl (C=O) groups excluding carboxylic acids is 1. The minimum Gasteiger partial charge on any atom is -0.367 e. The van der Waals surface area contributed by atoms with Crippen LogP contribution in [0.4, 0.5) is 0 Å². The van der Waals surface area contributed by atoms with Crippen molar-refractivity contribution in [3.8, 4) is 0 Å². The van der Waals surface area contributed by atoms with Gasteiger partial charge in [0.1, 0.15) is 5.70 Å². The number of piperidine rings is 1. The van der Waals surface area contributed by atoms with E-state index in [-0.39, 0.29) is 5.91 Å². The summed E-state index contributed by atoms with van der Waals surface area (Å²) in [6.45, 7) is 6.09. The van der Waals surface area contributed by atoms with Crippen molar-refractivity contribution in [1.29, 1.82) is 0 Å². The van der Waals surface area contributed by atoms with Crippen molar-refractivity contribution in [3.63, 3.8) is 0 Å². The van der Waals surface area contributed by atoms with E-state index in [2.05, 4.69) is 4.90 Å². The fourth-order valence-corrected chi connectivity index (χ4v) is 1.99. The number of hydrogen-bond donors (Lipinski definition) is 0. The summed E-state index contributed by atoms with van der Waals surface area (Å²) in [5.74, 6) is 0.136. The van der Waals surface area contributed by atoms with E-state index in [1.54, 1.807) is 4.90 Å². The lowest BCUT2D eigenvalue weighted by atomic mass is 10.1. The molecule has 1 saturated heterocycles. The molecule has 1 fully saturated rings. The van der Waals surface area contributed by atoms with Crippen LogP contribution in [0.1, 0.15) is 33.1 Å². The Hall–Kier alpha value is -0.990. The Morgan fingerprint density at radius 1 is 1.07 bits per heavy atom. The minimum absolute atomic E-state index is 0.136. The quantitative estimate of drug-likeness (QED) is 0.649. The standard InChI is InChI=1S/C12H22N2O/c1-10(2)11(12(15)13(3)4)14-8-6-5-7-9-14/h5-9H2,1-4H3. The molecule has 0 aliphatic carbocycles. The third-order valence-electron chi connectivity index (χ3n) is 2.75. The maximum Gasteiger partial charge on any atom is 0.269 e. The highest BCUT2D eigenvalue weighted by atomic mass is 16.2. The average molecular weight is 210 g/mol. The van der Waals surface area contributed by atoms with Gasteiger partial charge in [-0.15, -0.1) is 0 Å². The molecule has 0 bridgehead atoms. The van der Waals surface area contributed by atoms with Crippen LogP contribution in [-0.2, 0) is 4.79 Å². The second-order valence-electron chi connectivity index (χ2n) is 4.60. The molecule has 1 rings (SSSR count). The zero-order valence-corrected chi connectivity index (χ0v) is 10.3. The first-order chi connectivity index (χ1) is 7.04. The number of hydrogen-bond acceptors (Lipinski definition) is 2. The summed E-state index contributed by atoms with van der Waals surface area (Å²) in [7, 11) is 3.63. The van der Waals surface area contributed by atoms with Gasteiger partial charge in [-0.25, -0.2) is 0 Å². The molecule has 15 heavy (non-hydrogen) atoms. The SMILES string of the molecule is CC(C)=C(C(=O)N(C)C)N1CCCCC1. The van der Waals surface area contributed by atoms with E-state index in [1.165, 1.54) is 19.3 Å². The van der Waals surface area contributed by atoms with Crippen molar-refractivity contribution < 1.29 is 4.79 Å². The molecule has 0 saturated carbocycles. The molecule has 0 spiro atoms. The van der Waals surface area contributed by atoms with Crippen LogP contribution in [0, 0.1) is 0 Å². The molecule has 1 aliphatic heterocycles. The zero-order chi connectivity index (χ0) is 11.4. The number of likely N-dealkylation sites (N-methyl/N-ethyl adjacent to an activating group) is 1. The predicted molar refractivity (Wildman–Crippen MR) is 62.5 cm³/mol. The van der Waals surface area contributed by atoms with Crippen LogP contribution in [0.25, 0.3) is 0 Å². The summed E-state index contributed by atoms with van der Waals surface area (Å²) in [6.07, 6.45) is 3.71. The summed E-state index contributed by atoms with van der Waals surface area (Å²) in [6, 6.07) is 0. The lowest BCUT2D eigenvalue weighted by Gasteiger charge is -2.32. The van der Waals surface area contributed by atoms with Crippen molar-refractivity contribution >= 4 is 5.91 Å². The first kappa shape index (κ1) is 12.1. The summed E-state index contributed by atoms with van der Waals surface area (Å²) < 4.78 is 0. The Morgan fingerprint density at radius 3 is 2.00 bits per heavy atom. The number of nitrogens with zero attached hydrogens (tertiary/aromatic N) is 2. The first-order valence-corrected chi connectivity index (χ1v) is 5.68. The van der Waals surface area contributed by atoms with Crippen LogP contribution in [0.2, 0.25) is 0 Å². The highest BCUT2D eigenvalue weighted by molar-refractivity contribution is 5.93. The number of carbonyl (C=O) groups is 1. The van der Waals surface area contributed by atoms with Gasteiger partial charge in [0.15, 0.2) is 0 Å². The van der Waals surface area contributed by atoms with Gasteiger partial charge >= 0.3 is 0 Å². The number of likely N-dealkylation sites (tertiary alicyclic amines) is 1. The highest BCUT2D eigenvalue weighted by Crippen LogP contribution is 2.18. The van der Waals surface area contributed by atoms with E-state index in [0.717, 1.165) is 24.4 Å². The van der Waals surface area contributed by atoms with Gasteiger partial charge in [-0.3, -0.25) is 4.79 Å². The van der Waals surface area contributed by atoms with Crippen molar-refractivity contribution in [1.82, 2.24) is 9.80 Å². The molecule has 1 aliphatic rings. The summed E-state index contributed by atoms with van der Waals surface area (Å²) in [5.41, 5.74) is 2.02. The van der Waals surface area contributed by atoms with Crippen LogP contribution in [0.3, 0.4) is 0 Å². The van der Waals surface area contributed by atoms with Crippen LogP contribution in [0.5, 0.6) is 0 Å². The monoisotopic (exact) mass is 210 g/mol. The molecule has 3 heteroatoms. The predicted octanol–water partition coefficient (Wildman–Crippen LogP) is 1.85.